The van der Waals surface area contributed by atoms with Crippen molar-refractivity contribution in [1.82, 2.24) is 14.8 Å². The highest BCUT2D eigenvalue weighted by molar-refractivity contribution is 5.83. The van der Waals surface area contributed by atoms with Crippen LogP contribution in [0.15, 0.2) is 48.8 Å². The first-order chi connectivity index (χ1) is 9.86. The smallest absolute Gasteiger partial charge is 0.137 e. The van der Waals surface area contributed by atoms with Crippen molar-refractivity contribution in [3.63, 3.8) is 0 Å². The standard InChI is InChI=1S/C16H17N3O/c1-20-9-8-19-12-17-18-16(19)11-13-6-7-14-4-2-3-5-15(14)10-13/h2-7,10,12H,8-9,11H2,1H3. The lowest BCUT2D eigenvalue weighted by Crippen LogP contribution is -2.08. The molecule has 3 rings (SSSR count). The summed E-state index contributed by atoms with van der Waals surface area (Å²) in [5, 5.41) is 10.7. The van der Waals surface area contributed by atoms with Gasteiger partial charge in [0, 0.05) is 20.1 Å². The third kappa shape index (κ3) is 2.70. The molecule has 4 nitrogen and oxygen atoms in total. The summed E-state index contributed by atoms with van der Waals surface area (Å²) >= 11 is 0. The van der Waals surface area contributed by atoms with Crippen molar-refractivity contribution in [2.45, 2.75) is 13.0 Å². The van der Waals surface area contributed by atoms with E-state index >= 15 is 0 Å². The highest BCUT2D eigenvalue weighted by atomic mass is 16.5. The zero-order valence-electron chi connectivity index (χ0n) is 11.5. The Morgan fingerprint density at radius 2 is 1.95 bits per heavy atom. The number of hydrogen-bond donors (Lipinski definition) is 0. The maximum atomic E-state index is 5.10. The average molecular weight is 267 g/mol. The molecule has 0 fully saturated rings. The van der Waals surface area contributed by atoms with E-state index in [1.165, 1.54) is 16.3 Å². The van der Waals surface area contributed by atoms with Crippen LogP contribution in [0.25, 0.3) is 10.8 Å². The van der Waals surface area contributed by atoms with Crippen molar-refractivity contribution in [3.05, 3.63) is 60.2 Å². The molecule has 1 heterocycles. The van der Waals surface area contributed by atoms with Crippen LogP contribution in [0.3, 0.4) is 0 Å². The van der Waals surface area contributed by atoms with Crippen LogP contribution in [0.2, 0.25) is 0 Å². The third-order valence-electron chi connectivity index (χ3n) is 3.41. The Labute approximate surface area is 118 Å². The predicted octanol–water partition coefficient (Wildman–Crippen LogP) is 2.67. The minimum atomic E-state index is 0.669. The summed E-state index contributed by atoms with van der Waals surface area (Å²) in [7, 11) is 1.70. The van der Waals surface area contributed by atoms with E-state index in [9.17, 15) is 0 Å². The summed E-state index contributed by atoms with van der Waals surface area (Å²) in [5.41, 5.74) is 1.25. The van der Waals surface area contributed by atoms with Gasteiger partial charge in [-0.3, -0.25) is 0 Å². The molecule has 0 aliphatic carbocycles. The van der Waals surface area contributed by atoms with Gasteiger partial charge in [0.05, 0.1) is 6.61 Å². The van der Waals surface area contributed by atoms with E-state index in [0.717, 1.165) is 18.8 Å². The second kappa shape index (κ2) is 5.84. The summed E-state index contributed by atoms with van der Waals surface area (Å²) in [5.74, 6) is 0.970. The van der Waals surface area contributed by atoms with Gasteiger partial charge in [0.15, 0.2) is 0 Å². The molecule has 3 aromatic rings. The first kappa shape index (κ1) is 12.8. The molecule has 0 unspecified atom stereocenters. The molecule has 0 aliphatic rings. The molecule has 0 aliphatic heterocycles. The van der Waals surface area contributed by atoms with Crippen LogP contribution in [-0.4, -0.2) is 28.5 Å². The van der Waals surface area contributed by atoms with Crippen molar-refractivity contribution < 1.29 is 4.74 Å². The summed E-state index contributed by atoms with van der Waals surface area (Å²) in [6, 6.07) is 14.9. The van der Waals surface area contributed by atoms with Crippen LogP contribution < -0.4 is 0 Å². The zero-order chi connectivity index (χ0) is 13.8. The molecule has 0 saturated heterocycles. The summed E-state index contributed by atoms with van der Waals surface area (Å²) in [6.45, 7) is 1.45. The molecule has 1 aromatic heterocycles. The molecule has 102 valence electrons. The van der Waals surface area contributed by atoms with Crippen molar-refractivity contribution in [1.29, 1.82) is 0 Å². The fourth-order valence-corrected chi connectivity index (χ4v) is 2.32. The van der Waals surface area contributed by atoms with E-state index in [0.29, 0.717) is 6.61 Å². The maximum Gasteiger partial charge on any atom is 0.137 e. The molecular formula is C16H17N3O. The Bertz CT molecular complexity index is 706. The zero-order valence-corrected chi connectivity index (χ0v) is 11.5. The molecule has 0 spiro atoms. The lowest BCUT2D eigenvalue weighted by Gasteiger charge is -2.07. The SMILES string of the molecule is COCCn1cnnc1Cc1ccc2ccccc2c1. The maximum absolute atomic E-state index is 5.10. The average Bonchev–Trinajstić information content (AvgIpc) is 2.92. The summed E-state index contributed by atoms with van der Waals surface area (Å²) in [6.07, 6.45) is 2.55. The monoisotopic (exact) mass is 267 g/mol. The molecule has 0 amide bonds. The van der Waals surface area contributed by atoms with Gasteiger partial charge in [-0.25, -0.2) is 0 Å². The van der Waals surface area contributed by atoms with Gasteiger partial charge in [-0.1, -0.05) is 42.5 Å². The van der Waals surface area contributed by atoms with Gasteiger partial charge >= 0.3 is 0 Å². The lowest BCUT2D eigenvalue weighted by molar-refractivity contribution is 0.186. The van der Waals surface area contributed by atoms with Gasteiger partial charge in [0.1, 0.15) is 12.2 Å². The number of rotatable bonds is 5. The van der Waals surface area contributed by atoms with E-state index in [1.807, 2.05) is 4.57 Å². The van der Waals surface area contributed by atoms with Crippen LogP contribution in [0.5, 0.6) is 0 Å². The quantitative estimate of drug-likeness (QED) is 0.713. The first-order valence-corrected chi connectivity index (χ1v) is 6.70. The van der Waals surface area contributed by atoms with Crippen molar-refractivity contribution in [3.8, 4) is 0 Å². The second-order valence-corrected chi connectivity index (χ2v) is 4.79. The minimum absolute atomic E-state index is 0.669. The van der Waals surface area contributed by atoms with Gasteiger partial charge in [-0.15, -0.1) is 10.2 Å². The number of fused-ring (bicyclic) bond motifs is 1. The van der Waals surface area contributed by atoms with Crippen LogP contribution in [-0.2, 0) is 17.7 Å². The van der Waals surface area contributed by atoms with E-state index in [2.05, 4.69) is 52.7 Å². The Morgan fingerprint density at radius 1 is 1.10 bits per heavy atom. The molecule has 20 heavy (non-hydrogen) atoms. The molecule has 2 aromatic carbocycles. The number of hydrogen-bond acceptors (Lipinski definition) is 3. The fraction of sp³-hybridized carbons (Fsp3) is 0.250. The van der Waals surface area contributed by atoms with E-state index in [-0.39, 0.29) is 0 Å². The van der Waals surface area contributed by atoms with Crippen molar-refractivity contribution in [2.75, 3.05) is 13.7 Å². The predicted molar refractivity (Wildman–Crippen MR) is 78.7 cm³/mol. The molecule has 4 heteroatoms. The molecule has 0 bridgehead atoms. The topological polar surface area (TPSA) is 39.9 Å². The highest BCUT2D eigenvalue weighted by Crippen LogP contribution is 2.17. The second-order valence-electron chi connectivity index (χ2n) is 4.79. The summed E-state index contributed by atoms with van der Waals surface area (Å²) in [4.78, 5) is 0. The van der Waals surface area contributed by atoms with Gasteiger partial charge in [0.25, 0.3) is 0 Å². The molecule has 0 N–H and O–H groups in total. The van der Waals surface area contributed by atoms with Crippen molar-refractivity contribution >= 4 is 10.8 Å². The van der Waals surface area contributed by atoms with Gasteiger partial charge in [-0.2, -0.15) is 0 Å². The van der Waals surface area contributed by atoms with E-state index < -0.39 is 0 Å². The number of aromatic nitrogens is 3. The van der Waals surface area contributed by atoms with Crippen LogP contribution in [0.4, 0.5) is 0 Å². The van der Waals surface area contributed by atoms with E-state index in [4.69, 9.17) is 4.74 Å². The normalized spacial score (nSPS) is 11.1. The Hall–Kier alpha value is -2.20. The molecule has 0 saturated carbocycles. The molecular weight excluding hydrogens is 250 g/mol. The van der Waals surface area contributed by atoms with Gasteiger partial charge in [0.2, 0.25) is 0 Å². The summed E-state index contributed by atoms with van der Waals surface area (Å²) < 4.78 is 7.14. The number of methoxy groups -OCH3 is 1. The van der Waals surface area contributed by atoms with Crippen LogP contribution in [0.1, 0.15) is 11.4 Å². The largest absolute Gasteiger partial charge is 0.383 e. The lowest BCUT2D eigenvalue weighted by atomic mass is 10.0. The van der Waals surface area contributed by atoms with Crippen LogP contribution >= 0.6 is 0 Å². The number of nitrogens with zero attached hydrogens (tertiary/aromatic N) is 3. The highest BCUT2D eigenvalue weighted by Gasteiger charge is 2.06. The molecule has 0 atom stereocenters. The Balaban J connectivity index is 1.84. The first-order valence-electron chi connectivity index (χ1n) is 6.70. The fourth-order valence-electron chi connectivity index (χ4n) is 2.32. The Morgan fingerprint density at radius 3 is 2.80 bits per heavy atom. The van der Waals surface area contributed by atoms with Gasteiger partial charge < -0.3 is 9.30 Å². The van der Waals surface area contributed by atoms with Crippen molar-refractivity contribution in [2.24, 2.45) is 0 Å². The van der Waals surface area contributed by atoms with Gasteiger partial charge in [-0.05, 0) is 16.3 Å². The van der Waals surface area contributed by atoms with E-state index in [1.54, 1.807) is 13.4 Å². The Kier molecular flexibility index (Phi) is 3.74. The van der Waals surface area contributed by atoms with Crippen LogP contribution in [0, 0.1) is 0 Å². The third-order valence-corrected chi connectivity index (χ3v) is 3.41. The number of ether oxygens (including phenoxy) is 1. The minimum Gasteiger partial charge on any atom is -0.383 e. The molecule has 0 radical (unpaired) electrons. The number of benzene rings is 2.